The van der Waals surface area contributed by atoms with Gasteiger partial charge < -0.3 is 15.5 Å². The second kappa shape index (κ2) is 6.81. The van der Waals surface area contributed by atoms with Crippen molar-refractivity contribution in [3.63, 3.8) is 0 Å². The molecule has 0 spiro atoms. The molecular weight excluding hydrogens is 338 g/mol. The van der Waals surface area contributed by atoms with Gasteiger partial charge >= 0.3 is 0 Å². The number of nitrogens with one attached hydrogen (secondary N) is 1. The molecule has 3 N–H and O–H groups in total. The Labute approximate surface area is 156 Å². The van der Waals surface area contributed by atoms with Crippen LogP contribution in [-0.2, 0) is 0 Å². The summed E-state index contributed by atoms with van der Waals surface area (Å²) in [4.78, 5) is 8.41. The van der Waals surface area contributed by atoms with Gasteiger partial charge in [-0.3, -0.25) is 0 Å². The lowest BCUT2D eigenvalue weighted by molar-refractivity contribution is 0.579. The van der Waals surface area contributed by atoms with Gasteiger partial charge in [0.15, 0.2) is 11.6 Å². The standard InChI is InChI=1S/C21H17N5O/c1-13(15-9-8-14-5-2-3-6-16(14)11-15)24-20-17(12-22)19(25-21(23)26-20)18-7-4-10-27-18/h2-11,13H,1H3,(H3,23,24,25,26). The van der Waals surface area contributed by atoms with E-state index in [0.717, 1.165) is 10.9 Å². The van der Waals surface area contributed by atoms with E-state index in [4.69, 9.17) is 10.2 Å². The van der Waals surface area contributed by atoms with Crippen LogP contribution in [0.5, 0.6) is 0 Å². The Morgan fingerprint density at radius 1 is 1.07 bits per heavy atom. The van der Waals surface area contributed by atoms with Gasteiger partial charge in [-0.2, -0.15) is 10.2 Å². The summed E-state index contributed by atoms with van der Waals surface area (Å²) < 4.78 is 5.39. The second-order valence-electron chi connectivity index (χ2n) is 6.22. The van der Waals surface area contributed by atoms with E-state index in [1.807, 2.05) is 19.1 Å². The van der Waals surface area contributed by atoms with E-state index in [1.165, 1.54) is 11.6 Å². The number of nitrogens with two attached hydrogens (primary N) is 1. The summed E-state index contributed by atoms with van der Waals surface area (Å²) in [7, 11) is 0. The third-order valence-electron chi connectivity index (χ3n) is 4.42. The Kier molecular flexibility index (Phi) is 4.19. The quantitative estimate of drug-likeness (QED) is 0.558. The molecule has 27 heavy (non-hydrogen) atoms. The van der Waals surface area contributed by atoms with Gasteiger partial charge in [0.05, 0.1) is 12.3 Å². The average molecular weight is 355 g/mol. The molecule has 0 aliphatic heterocycles. The van der Waals surface area contributed by atoms with Crippen LogP contribution in [0, 0.1) is 11.3 Å². The molecule has 4 rings (SSSR count). The Hall–Kier alpha value is -3.85. The summed E-state index contributed by atoms with van der Waals surface area (Å²) >= 11 is 0. The van der Waals surface area contributed by atoms with Crippen LogP contribution in [0.1, 0.15) is 24.1 Å². The summed E-state index contributed by atoms with van der Waals surface area (Å²) in [6.45, 7) is 2.01. The molecule has 1 atom stereocenters. The molecule has 0 bridgehead atoms. The van der Waals surface area contributed by atoms with Gasteiger partial charge in [0, 0.05) is 0 Å². The van der Waals surface area contributed by atoms with E-state index in [-0.39, 0.29) is 12.0 Å². The number of hydrogen-bond donors (Lipinski definition) is 2. The van der Waals surface area contributed by atoms with Crippen molar-refractivity contribution in [2.24, 2.45) is 0 Å². The lowest BCUT2D eigenvalue weighted by Gasteiger charge is -2.17. The van der Waals surface area contributed by atoms with Crippen molar-refractivity contribution in [1.29, 1.82) is 5.26 Å². The number of aromatic nitrogens is 2. The third kappa shape index (κ3) is 3.18. The molecule has 0 radical (unpaired) electrons. The van der Waals surface area contributed by atoms with Crippen molar-refractivity contribution in [1.82, 2.24) is 9.97 Å². The minimum Gasteiger partial charge on any atom is -0.463 e. The molecule has 2 aromatic heterocycles. The molecule has 0 saturated heterocycles. The van der Waals surface area contributed by atoms with Crippen LogP contribution < -0.4 is 11.1 Å². The normalized spacial score (nSPS) is 11.9. The van der Waals surface area contributed by atoms with Gasteiger partial charge in [0.1, 0.15) is 17.3 Å². The molecule has 0 aliphatic rings. The van der Waals surface area contributed by atoms with E-state index < -0.39 is 0 Å². The van der Waals surface area contributed by atoms with Crippen molar-refractivity contribution in [3.8, 4) is 17.5 Å². The number of hydrogen-bond acceptors (Lipinski definition) is 6. The first kappa shape index (κ1) is 16.6. The smallest absolute Gasteiger partial charge is 0.222 e. The summed E-state index contributed by atoms with van der Waals surface area (Å²) in [5.41, 5.74) is 7.62. The summed E-state index contributed by atoms with van der Waals surface area (Å²) in [6.07, 6.45) is 1.53. The molecule has 2 heterocycles. The number of nitrogen functional groups attached to an aromatic ring is 1. The number of fused-ring (bicyclic) bond motifs is 1. The monoisotopic (exact) mass is 355 g/mol. The van der Waals surface area contributed by atoms with Crippen LogP contribution in [0.25, 0.3) is 22.2 Å². The van der Waals surface area contributed by atoms with Crippen LogP contribution in [-0.4, -0.2) is 9.97 Å². The molecule has 6 nitrogen and oxygen atoms in total. The van der Waals surface area contributed by atoms with Crippen molar-refractivity contribution in [2.75, 3.05) is 11.1 Å². The SMILES string of the molecule is CC(Nc1nc(N)nc(-c2ccco2)c1C#N)c1ccc2ccccc2c1. The number of rotatable bonds is 4. The average Bonchev–Trinajstić information content (AvgIpc) is 3.22. The van der Waals surface area contributed by atoms with E-state index in [1.54, 1.807) is 12.1 Å². The van der Waals surface area contributed by atoms with E-state index >= 15 is 0 Å². The van der Waals surface area contributed by atoms with E-state index in [2.05, 4.69) is 51.7 Å². The molecule has 132 valence electrons. The van der Waals surface area contributed by atoms with E-state index in [0.29, 0.717) is 22.8 Å². The highest BCUT2D eigenvalue weighted by Gasteiger charge is 2.19. The molecule has 0 aliphatic carbocycles. The molecule has 1 unspecified atom stereocenters. The molecule has 4 aromatic rings. The van der Waals surface area contributed by atoms with Gasteiger partial charge in [-0.15, -0.1) is 0 Å². The maximum Gasteiger partial charge on any atom is 0.222 e. The molecule has 0 amide bonds. The fraction of sp³-hybridized carbons (Fsp3) is 0.0952. The third-order valence-corrected chi connectivity index (χ3v) is 4.42. The fourth-order valence-corrected chi connectivity index (χ4v) is 3.05. The van der Waals surface area contributed by atoms with Crippen LogP contribution in [0.2, 0.25) is 0 Å². The Morgan fingerprint density at radius 2 is 1.89 bits per heavy atom. The van der Waals surface area contributed by atoms with Gasteiger partial charge in [-0.05, 0) is 41.5 Å². The van der Waals surface area contributed by atoms with Gasteiger partial charge in [-0.1, -0.05) is 36.4 Å². The Morgan fingerprint density at radius 3 is 2.63 bits per heavy atom. The molecular formula is C21H17N5O. The summed E-state index contributed by atoms with van der Waals surface area (Å²) in [5.74, 6) is 0.938. The van der Waals surface area contributed by atoms with Gasteiger partial charge in [0.2, 0.25) is 5.95 Å². The zero-order valence-corrected chi connectivity index (χ0v) is 14.7. The number of nitrogens with zero attached hydrogens (tertiary/aromatic N) is 3. The fourth-order valence-electron chi connectivity index (χ4n) is 3.05. The minimum atomic E-state index is -0.0829. The largest absolute Gasteiger partial charge is 0.463 e. The lowest BCUT2D eigenvalue weighted by Crippen LogP contribution is -2.12. The van der Waals surface area contributed by atoms with Crippen LogP contribution >= 0.6 is 0 Å². The second-order valence-corrected chi connectivity index (χ2v) is 6.22. The maximum atomic E-state index is 9.66. The van der Waals surface area contributed by atoms with Crippen molar-refractivity contribution in [2.45, 2.75) is 13.0 Å². The molecule has 0 saturated carbocycles. The first-order valence-corrected chi connectivity index (χ1v) is 8.52. The topological polar surface area (TPSA) is 101 Å². The predicted molar refractivity (Wildman–Crippen MR) is 105 cm³/mol. The van der Waals surface area contributed by atoms with Crippen molar-refractivity contribution >= 4 is 22.5 Å². The van der Waals surface area contributed by atoms with E-state index in [9.17, 15) is 5.26 Å². The number of benzene rings is 2. The highest BCUT2D eigenvalue weighted by molar-refractivity contribution is 5.83. The molecule has 2 aromatic carbocycles. The zero-order chi connectivity index (χ0) is 18.8. The predicted octanol–water partition coefficient (Wildman–Crippen LogP) is 4.52. The van der Waals surface area contributed by atoms with Crippen molar-refractivity contribution < 1.29 is 4.42 Å². The van der Waals surface area contributed by atoms with Crippen LogP contribution in [0.4, 0.5) is 11.8 Å². The number of furan rings is 1. The summed E-state index contributed by atoms with van der Waals surface area (Å²) in [6, 6.07) is 20.0. The minimum absolute atomic E-state index is 0.0774. The zero-order valence-electron chi connectivity index (χ0n) is 14.7. The highest BCUT2D eigenvalue weighted by atomic mass is 16.3. The number of nitriles is 1. The first-order chi connectivity index (χ1) is 13.2. The number of anilines is 2. The first-order valence-electron chi connectivity index (χ1n) is 8.52. The maximum absolute atomic E-state index is 9.66. The molecule has 6 heteroatoms. The highest BCUT2D eigenvalue weighted by Crippen LogP contribution is 2.30. The molecule has 0 fully saturated rings. The summed E-state index contributed by atoms with van der Waals surface area (Å²) in [5, 5.41) is 15.3. The van der Waals surface area contributed by atoms with Crippen LogP contribution in [0.15, 0.2) is 65.3 Å². The van der Waals surface area contributed by atoms with Gasteiger partial charge in [0.25, 0.3) is 0 Å². The van der Waals surface area contributed by atoms with Gasteiger partial charge in [-0.25, -0.2) is 4.98 Å². The Bertz CT molecular complexity index is 1150. The lowest BCUT2D eigenvalue weighted by atomic mass is 10.0. The van der Waals surface area contributed by atoms with Crippen molar-refractivity contribution in [3.05, 3.63) is 72.0 Å². The Balaban J connectivity index is 1.72. The van der Waals surface area contributed by atoms with Crippen LogP contribution in [0.3, 0.4) is 0 Å².